The van der Waals surface area contributed by atoms with Gasteiger partial charge in [0.05, 0.1) is 12.3 Å². The number of nitrogens with zero attached hydrogens (tertiary/aromatic N) is 1. The van der Waals surface area contributed by atoms with Gasteiger partial charge in [-0.2, -0.15) is 5.26 Å². The van der Waals surface area contributed by atoms with Gasteiger partial charge in [0, 0.05) is 0 Å². The van der Waals surface area contributed by atoms with E-state index in [2.05, 4.69) is 19.3 Å². The molecule has 5 nitrogen and oxygen atoms in total. The molecule has 1 rings (SSSR count). The monoisotopic (exact) mass is 274 g/mol. The van der Waals surface area contributed by atoms with Crippen LogP contribution in [0.3, 0.4) is 0 Å². The number of nitrogens with one attached hydrogen (secondary N) is 1. The summed E-state index contributed by atoms with van der Waals surface area (Å²) < 4.78 is 4.89. The quantitative estimate of drug-likeness (QED) is 0.373. The Kier molecular flexibility index (Phi) is 6.11. The van der Waals surface area contributed by atoms with Gasteiger partial charge < -0.3 is 9.57 Å². The molecular weight excluding hydrogens is 256 g/mol. The smallest absolute Gasteiger partial charge is 0.376 e. The van der Waals surface area contributed by atoms with E-state index in [0.29, 0.717) is 18.2 Å². The summed E-state index contributed by atoms with van der Waals surface area (Å²) in [6.07, 6.45) is 1.09. The van der Waals surface area contributed by atoms with Crippen molar-refractivity contribution >= 4 is 11.7 Å². The molecule has 0 aliphatic rings. The van der Waals surface area contributed by atoms with Crippen molar-refractivity contribution < 1.29 is 14.4 Å². The van der Waals surface area contributed by atoms with E-state index in [1.54, 1.807) is 25.1 Å². The van der Waals surface area contributed by atoms with Crippen molar-refractivity contribution in [3.05, 3.63) is 41.7 Å². The fourth-order valence-electron chi connectivity index (χ4n) is 1.38. The van der Waals surface area contributed by atoms with Gasteiger partial charge in [-0.05, 0) is 30.5 Å². The molecule has 0 bridgehead atoms. The average Bonchev–Trinajstić information content (AvgIpc) is 2.46. The zero-order valence-corrected chi connectivity index (χ0v) is 11.8. The highest BCUT2D eigenvalue weighted by Gasteiger charge is 2.11. The predicted molar refractivity (Wildman–Crippen MR) is 75.6 cm³/mol. The van der Waals surface area contributed by atoms with Crippen LogP contribution in [0.1, 0.15) is 32.3 Å². The maximum atomic E-state index is 11.6. The molecule has 0 heterocycles. The molecule has 0 aliphatic carbocycles. The van der Waals surface area contributed by atoms with Gasteiger partial charge in [-0.25, -0.2) is 10.3 Å². The van der Waals surface area contributed by atoms with Crippen molar-refractivity contribution in [1.82, 2.24) is 0 Å². The van der Waals surface area contributed by atoms with Crippen LogP contribution in [0.4, 0.5) is 5.69 Å². The van der Waals surface area contributed by atoms with E-state index >= 15 is 0 Å². The normalized spacial score (nSPS) is 10.8. The first kappa shape index (κ1) is 15.6. The molecule has 0 amide bonds. The fourth-order valence-corrected chi connectivity index (χ4v) is 1.38. The van der Waals surface area contributed by atoms with E-state index < -0.39 is 5.97 Å². The second-order valence-electron chi connectivity index (χ2n) is 4.37. The molecule has 106 valence electrons. The van der Waals surface area contributed by atoms with Gasteiger partial charge in [-0.1, -0.05) is 26.0 Å². The molecule has 0 aliphatic heterocycles. The minimum atomic E-state index is -0.783. The summed E-state index contributed by atoms with van der Waals surface area (Å²) >= 11 is 0. The number of carbonyl (C=O) groups is 1. The van der Waals surface area contributed by atoms with Gasteiger partial charge in [0.1, 0.15) is 12.3 Å². The van der Waals surface area contributed by atoms with Crippen LogP contribution in [-0.2, 0) is 14.4 Å². The Labute approximate surface area is 118 Å². The fraction of sp³-hybridized carbons (Fsp3) is 0.333. The van der Waals surface area contributed by atoms with Gasteiger partial charge in [0.2, 0.25) is 0 Å². The van der Waals surface area contributed by atoms with Gasteiger partial charge >= 0.3 is 5.97 Å². The molecule has 0 saturated carbocycles. The maximum absolute atomic E-state index is 11.6. The summed E-state index contributed by atoms with van der Waals surface area (Å²) in [6.45, 7) is 6.33. The zero-order valence-electron chi connectivity index (χ0n) is 11.8. The molecule has 0 atom stereocenters. The Morgan fingerprint density at radius 3 is 2.55 bits per heavy atom. The average molecular weight is 274 g/mol. The summed E-state index contributed by atoms with van der Waals surface area (Å²) in [4.78, 5) is 16.4. The van der Waals surface area contributed by atoms with Crippen molar-refractivity contribution in [2.24, 2.45) is 0 Å². The Morgan fingerprint density at radius 1 is 1.40 bits per heavy atom. The molecule has 1 aromatic carbocycles. The van der Waals surface area contributed by atoms with Crippen LogP contribution in [0, 0.1) is 11.3 Å². The van der Waals surface area contributed by atoms with Crippen LogP contribution in [-0.4, -0.2) is 12.6 Å². The molecule has 0 aromatic heterocycles. The summed E-state index contributed by atoms with van der Waals surface area (Å²) in [6, 6.07) is 9.22. The molecule has 5 heteroatoms. The number of nitriles is 1. The molecule has 0 fully saturated rings. The van der Waals surface area contributed by atoms with E-state index in [1.807, 2.05) is 12.1 Å². The number of anilines is 1. The number of ether oxygens (including phenoxy) is 1. The first-order chi connectivity index (χ1) is 9.58. The SMILES string of the molecule is CCOC=C(C#N)C(=O)ONc1ccc(C(C)C)cc1. The lowest BCUT2D eigenvalue weighted by Gasteiger charge is -2.08. The van der Waals surface area contributed by atoms with E-state index in [9.17, 15) is 4.79 Å². The van der Waals surface area contributed by atoms with E-state index in [0.717, 1.165) is 6.26 Å². The highest BCUT2D eigenvalue weighted by atomic mass is 16.7. The summed E-state index contributed by atoms with van der Waals surface area (Å²) in [5, 5.41) is 8.79. The molecule has 0 radical (unpaired) electrons. The van der Waals surface area contributed by atoms with Crippen LogP contribution >= 0.6 is 0 Å². The maximum Gasteiger partial charge on any atom is 0.376 e. The van der Waals surface area contributed by atoms with Gasteiger partial charge in [-0.15, -0.1) is 0 Å². The number of rotatable bonds is 6. The second kappa shape index (κ2) is 7.85. The Balaban J connectivity index is 2.58. The van der Waals surface area contributed by atoms with Crippen molar-refractivity contribution in [2.75, 3.05) is 12.1 Å². The van der Waals surface area contributed by atoms with Crippen molar-refractivity contribution in [2.45, 2.75) is 26.7 Å². The Morgan fingerprint density at radius 2 is 2.05 bits per heavy atom. The Bertz CT molecular complexity index is 513. The number of hydrogen-bond donors (Lipinski definition) is 1. The van der Waals surface area contributed by atoms with E-state index in [-0.39, 0.29) is 5.57 Å². The highest BCUT2D eigenvalue weighted by molar-refractivity contribution is 5.92. The van der Waals surface area contributed by atoms with Crippen molar-refractivity contribution in [3.8, 4) is 6.07 Å². The van der Waals surface area contributed by atoms with Crippen LogP contribution in [0.15, 0.2) is 36.1 Å². The summed E-state index contributed by atoms with van der Waals surface area (Å²) in [5.74, 6) is -0.347. The van der Waals surface area contributed by atoms with Gasteiger partial charge in [0.25, 0.3) is 0 Å². The standard InChI is InChI=1S/C15H18N2O3/c1-4-19-10-13(9-16)15(18)20-17-14-7-5-12(6-8-14)11(2)3/h5-8,10-11,17H,4H2,1-3H3. The first-order valence-corrected chi connectivity index (χ1v) is 6.37. The minimum Gasteiger partial charge on any atom is -0.500 e. The molecule has 20 heavy (non-hydrogen) atoms. The summed E-state index contributed by atoms with van der Waals surface area (Å²) in [7, 11) is 0. The van der Waals surface area contributed by atoms with Gasteiger partial charge in [0.15, 0.2) is 5.57 Å². The highest BCUT2D eigenvalue weighted by Crippen LogP contribution is 2.17. The molecule has 1 N–H and O–H groups in total. The zero-order chi connectivity index (χ0) is 15.0. The number of benzene rings is 1. The molecule has 0 saturated heterocycles. The molecule has 0 spiro atoms. The largest absolute Gasteiger partial charge is 0.500 e. The van der Waals surface area contributed by atoms with E-state index in [1.165, 1.54) is 5.56 Å². The topological polar surface area (TPSA) is 71.3 Å². The second-order valence-corrected chi connectivity index (χ2v) is 4.37. The van der Waals surface area contributed by atoms with Crippen molar-refractivity contribution in [3.63, 3.8) is 0 Å². The number of hydrogen-bond acceptors (Lipinski definition) is 5. The lowest BCUT2D eigenvalue weighted by molar-refractivity contribution is -0.135. The number of carbonyl (C=O) groups excluding carboxylic acids is 1. The van der Waals surface area contributed by atoms with Crippen LogP contribution in [0.2, 0.25) is 0 Å². The van der Waals surface area contributed by atoms with Crippen LogP contribution in [0.5, 0.6) is 0 Å². The van der Waals surface area contributed by atoms with Crippen LogP contribution in [0.25, 0.3) is 0 Å². The van der Waals surface area contributed by atoms with Gasteiger partial charge in [-0.3, -0.25) is 0 Å². The summed E-state index contributed by atoms with van der Waals surface area (Å²) in [5.41, 5.74) is 4.13. The lowest BCUT2D eigenvalue weighted by Crippen LogP contribution is -2.12. The molecule has 0 unspecified atom stereocenters. The first-order valence-electron chi connectivity index (χ1n) is 6.37. The third-order valence-corrected chi connectivity index (χ3v) is 2.55. The lowest BCUT2D eigenvalue weighted by atomic mass is 10.0. The minimum absolute atomic E-state index is 0.196. The van der Waals surface area contributed by atoms with E-state index in [4.69, 9.17) is 14.8 Å². The Hall–Kier alpha value is -2.48. The van der Waals surface area contributed by atoms with Crippen molar-refractivity contribution in [1.29, 1.82) is 5.26 Å². The third kappa shape index (κ3) is 4.65. The van der Waals surface area contributed by atoms with Crippen LogP contribution < -0.4 is 5.48 Å². The molecule has 1 aromatic rings. The predicted octanol–water partition coefficient (Wildman–Crippen LogP) is 3.12. The molecular formula is C15H18N2O3. The third-order valence-electron chi connectivity index (χ3n) is 2.55.